The molecule has 0 aliphatic rings. The third kappa shape index (κ3) is 6.33. The zero-order chi connectivity index (χ0) is 17.9. The van der Waals surface area contributed by atoms with E-state index in [1.54, 1.807) is 13.3 Å². The summed E-state index contributed by atoms with van der Waals surface area (Å²) in [5.41, 5.74) is 1.05. The number of likely N-dealkylation sites (N-methyl/N-ethyl adjacent to an activating group) is 1. The monoisotopic (exact) mass is 342 g/mol. The molecule has 0 spiro atoms. The van der Waals surface area contributed by atoms with Gasteiger partial charge in [0.25, 0.3) is 0 Å². The Morgan fingerprint density at radius 2 is 2.04 bits per heavy atom. The van der Waals surface area contributed by atoms with Crippen LogP contribution in [0.15, 0.2) is 53.7 Å². The largest absolute Gasteiger partial charge is 0.492 e. The number of methoxy groups -OCH3 is 1. The Labute approximate surface area is 149 Å². The SMILES string of the molecule is CCNC(=NCc1ccnc(OC)c1)N(C)CCOc1ccccc1. The van der Waals surface area contributed by atoms with Crippen LogP contribution in [0.3, 0.4) is 0 Å². The standard InChI is InChI=1S/C19H26N4O2/c1-4-20-19(22-15-16-10-11-21-18(14-16)24-3)23(2)12-13-25-17-8-6-5-7-9-17/h5-11,14H,4,12-13,15H2,1-3H3,(H,20,22). The molecule has 134 valence electrons. The number of benzene rings is 1. The molecule has 0 amide bonds. The summed E-state index contributed by atoms with van der Waals surface area (Å²) in [4.78, 5) is 10.9. The maximum atomic E-state index is 5.75. The fourth-order valence-corrected chi connectivity index (χ4v) is 2.22. The van der Waals surface area contributed by atoms with Crippen LogP contribution < -0.4 is 14.8 Å². The van der Waals surface area contributed by atoms with Gasteiger partial charge in [-0.25, -0.2) is 9.98 Å². The molecule has 2 aromatic rings. The molecule has 1 aromatic heterocycles. The van der Waals surface area contributed by atoms with Crippen molar-refractivity contribution in [2.24, 2.45) is 4.99 Å². The van der Waals surface area contributed by atoms with Gasteiger partial charge in [-0.2, -0.15) is 0 Å². The summed E-state index contributed by atoms with van der Waals surface area (Å²) < 4.78 is 10.9. The number of nitrogens with zero attached hydrogens (tertiary/aromatic N) is 3. The minimum Gasteiger partial charge on any atom is -0.492 e. The summed E-state index contributed by atoms with van der Waals surface area (Å²) in [6, 6.07) is 13.6. The minimum absolute atomic E-state index is 0.561. The molecule has 0 atom stereocenters. The lowest BCUT2D eigenvalue weighted by molar-refractivity contribution is 0.281. The van der Waals surface area contributed by atoms with Crippen LogP contribution in [0.1, 0.15) is 12.5 Å². The van der Waals surface area contributed by atoms with Crippen LogP contribution in [0.2, 0.25) is 0 Å². The van der Waals surface area contributed by atoms with Crippen molar-refractivity contribution in [3.63, 3.8) is 0 Å². The average Bonchev–Trinajstić information content (AvgIpc) is 2.66. The highest BCUT2D eigenvalue weighted by atomic mass is 16.5. The Morgan fingerprint density at radius 1 is 1.24 bits per heavy atom. The van der Waals surface area contributed by atoms with E-state index in [4.69, 9.17) is 9.47 Å². The molecular weight excluding hydrogens is 316 g/mol. The summed E-state index contributed by atoms with van der Waals surface area (Å²) in [6.45, 7) is 4.75. The van der Waals surface area contributed by atoms with Crippen molar-refractivity contribution in [3.8, 4) is 11.6 Å². The fraction of sp³-hybridized carbons (Fsp3) is 0.368. The first-order valence-corrected chi connectivity index (χ1v) is 8.39. The van der Waals surface area contributed by atoms with Gasteiger partial charge >= 0.3 is 0 Å². The van der Waals surface area contributed by atoms with Gasteiger partial charge in [0.15, 0.2) is 5.96 Å². The second-order valence-corrected chi connectivity index (χ2v) is 5.46. The van der Waals surface area contributed by atoms with Crippen LogP contribution in [0.5, 0.6) is 11.6 Å². The fourth-order valence-electron chi connectivity index (χ4n) is 2.22. The number of pyridine rings is 1. The van der Waals surface area contributed by atoms with Crippen LogP contribution in [-0.2, 0) is 6.54 Å². The Balaban J connectivity index is 1.90. The number of para-hydroxylation sites is 1. The zero-order valence-corrected chi connectivity index (χ0v) is 15.1. The maximum absolute atomic E-state index is 5.75. The highest BCUT2D eigenvalue weighted by Crippen LogP contribution is 2.10. The number of rotatable bonds is 8. The Bertz CT molecular complexity index is 661. The zero-order valence-electron chi connectivity index (χ0n) is 15.1. The first-order chi connectivity index (χ1) is 12.2. The number of nitrogens with one attached hydrogen (secondary N) is 1. The normalized spacial score (nSPS) is 11.1. The van der Waals surface area contributed by atoms with E-state index in [1.165, 1.54) is 0 Å². The number of hydrogen-bond donors (Lipinski definition) is 1. The highest BCUT2D eigenvalue weighted by Gasteiger charge is 2.06. The second kappa shape index (κ2) is 10.2. The van der Waals surface area contributed by atoms with Gasteiger partial charge in [-0.1, -0.05) is 18.2 Å². The van der Waals surface area contributed by atoms with Crippen molar-refractivity contribution >= 4 is 5.96 Å². The number of ether oxygens (including phenoxy) is 2. The molecule has 2 rings (SSSR count). The molecule has 1 heterocycles. The molecule has 0 unspecified atom stereocenters. The molecular formula is C19H26N4O2. The second-order valence-electron chi connectivity index (χ2n) is 5.46. The van der Waals surface area contributed by atoms with Crippen molar-refractivity contribution in [2.45, 2.75) is 13.5 Å². The summed E-state index contributed by atoms with van der Waals surface area (Å²) in [6.07, 6.45) is 1.73. The van der Waals surface area contributed by atoms with E-state index >= 15 is 0 Å². The first-order valence-electron chi connectivity index (χ1n) is 8.39. The van der Waals surface area contributed by atoms with E-state index in [1.807, 2.05) is 49.5 Å². The lowest BCUT2D eigenvalue weighted by atomic mass is 10.3. The van der Waals surface area contributed by atoms with Gasteiger partial charge in [-0.3, -0.25) is 0 Å². The van der Waals surface area contributed by atoms with Crippen LogP contribution in [0.25, 0.3) is 0 Å². The molecule has 0 aliphatic heterocycles. The molecule has 6 nitrogen and oxygen atoms in total. The molecule has 0 saturated heterocycles. The lowest BCUT2D eigenvalue weighted by Crippen LogP contribution is -2.40. The number of hydrogen-bond acceptors (Lipinski definition) is 4. The third-order valence-electron chi connectivity index (χ3n) is 3.55. The van der Waals surface area contributed by atoms with Gasteiger partial charge in [-0.15, -0.1) is 0 Å². The van der Waals surface area contributed by atoms with Gasteiger partial charge in [0.2, 0.25) is 5.88 Å². The van der Waals surface area contributed by atoms with E-state index in [2.05, 4.69) is 27.1 Å². The summed E-state index contributed by atoms with van der Waals surface area (Å²) >= 11 is 0. The van der Waals surface area contributed by atoms with E-state index in [-0.39, 0.29) is 0 Å². The predicted octanol–water partition coefficient (Wildman–Crippen LogP) is 2.57. The van der Waals surface area contributed by atoms with Crippen molar-refractivity contribution in [2.75, 3.05) is 33.9 Å². The molecule has 0 fully saturated rings. The molecule has 25 heavy (non-hydrogen) atoms. The van der Waals surface area contributed by atoms with Gasteiger partial charge in [-0.05, 0) is 30.7 Å². The third-order valence-corrected chi connectivity index (χ3v) is 3.55. The molecule has 1 aromatic carbocycles. The highest BCUT2D eigenvalue weighted by molar-refractivity contribution is 5.79. The Morgan fingerprint density at radius 3 is 2.76 bits per heavy atom. The maximum Gasteiger partial charge on any atom is 0.213 e. The molecule has 1 N–H and O–H groups in total. The number of aliphatic imine (C=N–C) groups is 1. The predicted molar refractivity (Wildman–Crippen MR) is 100 cm³/mol. The van der Waals surface area contributed by atoms with E-state index in [9.17, 15) is 0 Å². The van der Waals surface area contributed by atoms with Crippen molar-refractivity contribution < 1.29 is 9.47 Å². The molecule has 0 radical (unpaired) electrons. The van der Waals surface area contributed by atoms with E-state index < -0.39 is 0 Å². The quantitative estimate of drug-likeness (QED) is 0.590. The van der Waals surface area contributed by atoms with Crippen molar-refractivity contribution in [1.29, 1.82) is 0 Å². The van der Waals surface area contributed by atoms with E-state index in [0.29, 0.717) is 19.0 Å². The summed E-state index contributed by atoms with van der Waals surface area (Å²) in [5.74, 6) is 2.32. The van der Waals surface area contributed by atoms with Crippen LogP contribution >= 0.6 is 0 Å². The van der Waals surface area contributed by atoms with Crippen LogP contribution in [-0.4, -0.2) is 49.7 Å². The molecule has 0 saturated carbocycles. The minimum atomic E-state index is 0.561. The lowest BCUT2D eigenvalue weighted by Gasteiger charge is -2.22. The Hall–Kier alpha value is -2.76. The first kappa shape index (κ1) is 18.6. The summed E-state index contributed by atoms with van der Waals surface area (Å²) in [7, 11) is 3.61. The van der Waals surface area contributed by atoms with Crippen LogP contribution in [0, 0.1) is 0 Å². The molecule has 0 bridgehead atoms. The smallest absolute Gasteiger partial charge is 0.213 e. The van der Waals surface area contributed by atoms with Gasteiger partial charge in [0, 0.05) is 25.9 Å². The number of aromatic nitrogens is 1. The van der Waals surface area contributed by atoms with Crippen molar-refractivity contribution in [1.82, 2.24) is 15.2 Å². The average molecular weight is 342 g/mol. The van der Waals surface area contributed by atoms with Gasteiger partial charge in [0.1, 0.15) is 12.4 Å². The van der Waals surface area contributed by atoms with Gasteiger partial charge < -0.3 is 19.7 Å². The van der Waals surface area contributed by atoms with Crippen molar-refractivity contribution in [3.05, 3.63) is 54.2 Å². The Kier molecular flexibility index (Phi) is 7.56. The molecule has 0 aliphatic carbocycles. The molecule has 6 heteroatoms. The number of guanidine groups is 1. The van der Waals surface area contributed by atoms with E-state index in [0.717, 1.165) is 30.4 Å². The van der Waals surface area contributed by atoms with Crippen LogP contribution in [0.4, 0.5) is 0 Å². The van der Waals surface area contributed by atoms with Gasteiger partial charge in [0.05, 0.1) is 20.2 Å². The summed E-state index contributed by atoms with van der Waals surface area (Å²) in [5, 5.41) is 3.30. The topological polar surface area (TPSA) is 59.0 Å².